The van der Waals surface area contributed by atoms with E-state index in [0.29, 0.717) is 17.6 Å². The summed E-state index contributed by atoms with van der Waals surface area (Å²) in [5, 5.41) is 2.21. The molecule has 3 aromatic rings. The van der Waals surface area contributed by atoms with Gasteiger partial charge in [0.2, 0.25) is 5.89 Å². The van der Waals surface area contributed by atoms with Gasteiger partial charge in [-0.05, 0) is 31.2 Å². The summed E-state index contributed by atoms with van der Waals surface area (Å²) in [6.07, 6.45) is 4.60. The average molecular weight is 335 g/mol. The fourth-order valence-corrected chi connectivity index (χ4v) is 4.37. The first kappa shape index (κ1) is 14.7. The van der Waals surface area contributed by atoms with E-state index in [1.165, 1.54) is 21.9 Å². The summed E-state index contributed by atoms with van der Waals surface area (Å²) in [5.41, 5.74) is 0.723. The van der Waals surface area contributed by atoms with Crippen molar-refractivity contribution in [3.63, 3.8) is 0 Å². The lowest BCUT2D eigenvalue weighted by atomic mass is 10.2. The van der Waals surface area contributed by atoms with Gasteiger partial charge in [0, 0.05) is 23.7 Å². The monoisotopic (exact) mass is 335 g/mol. The normalized spacial score (nSPS) is 11.5. The minimum Gasteiger partial charge on any atom is -0.445 e. The molecular formula is C14H13N3O3S2. The Kier molecular flexibility index (Phi) is 3.95. The summed E-state index contributed by atoms with van der Waals surface area (Å²) in [6.45, 7) is 2.09. The summed E-state index contributed by atoms with van der Waals surface area (Å²) >= 11 is 1.29. The third-order valence-electron chi connectivity index (χ3n) is 3.04. The SMILES string of the molecule is CCN(c1nccs1)S(=O)(=O)c1ccc(-c2ncco2)cc1. The predicted molar refractivity (Wildman–Crippen MR) is 84.3 cm³/mol. The van der Waals surface area contributed by atoms with Crippen molar-refractivity contribution in [1.82, 2.24) is 9.97 Å². The molecule has 114 valence electrons. The van der Waals surface area contributed by atoms with Gasteiger partial charge in [0.05, 0.1) is 11.1 Å². The van der Waals surface area contributed by atoms with E-state index in [1.807, 2.05) is 0 Å². The van der Waals surface area contributed by atoms with Gasteiger partial charge >= 0.3 is 0 Å². The van der Waals surface area contributed by atoms with Gasteiger partial charge in [-0.15, -0.1) is 11.3 Å². The molecule has 0 N–H and O–H groups in total. The lowest BCUT2D eigenvalue weighted by Crippen LogP contribution is -2.30. The summed E-state index contributed by atoms with van der Waals surface area (Å²) in [6, 6.07) is 6.44. The molecule has 0 aliphatic carbocycles. The summed E-state index contributed by atoms with van der Waals surface area (Å²) in [5.74, 6) is 0.455. The van der Waals surface area contributed by atoms with Crippen LogP contribution in [0, 0.1) is 0 Å². The zero-order valence-corrected chi connectivity index (χ0v) is 13.3. The van der Waals surface area contributed by atoms with E-state index in [9.17, 15) is 8.42 Å². The minimum atomic E-state index is -3.63. The van der Waals surface area contributed by atoms with Gasteiger partial charge < -0.3 is 4.42 Å². The van der Waals surface area contributed by atoms with E-state index in [-0.39, 0.29) is 4.90 Å². The third-order valence-corrected chi connectivity index (χ3v) is 5.83. The summed E-state index contributed by atoms with van der Waals surface area (Å²) in [4.78, 5) is 8.32. The molecule has 0 fully saturated rings. The molecule has 0 aliphatic rings. The lowest BCUT2D eigenvalue weighted by molar-refractivity contribution is 0.574. The highest BCUT2D eigenvalue weighted by Crippen LogP contribution is 2.26. The van der Waals surface area contributed by atoms with Gasteiger partial charge in [-0.2, -0.15) is 0 Å². The molecule has 2 heterocycles. The van der Waals surface area contributed by atoms with Crippen LogP contribution in [0.25, 0.3) is 11.5 Å². The van der Waals surface area contributed by atoms with Gasteiger partial charge in [0.25, 0.3) is 10.0 Å². The van der Waals surface area contributed by atoms with E-state index in [4.69, 9.17) is 4.42 Å². The molecule has 0 aliphatic heterocycles. The van der Waals surface area contributed by atoms with E-state index in [0.717, 1.165) is 5.56 Å². The third kappa shape index (κ3) is 2.62. The van der Waals surface area contributed by atoms with Crippen molar-refractivity contribution < 1.29 is 12.8 Å². The maximum atomic E-state index is 12.7. The number of aromatic nitrogens is 2. The maximum absolute atomic E-state index is 12.7. The van der Waals surface area contributed by atoms with Gasteiger partial charge in [-0.25, -0.2) is 22.7 Å². The second-order valence-corrected chi connectivity index (χ2v) is 7.08. The number of benzene rings is 1. The standard InChI is InChI=1S/C14H13N3O3S2/c1-2-17(14-16-8-10-21-14)22(18,19)12-5-3-11(4-6-12)13-15-7-9-20-13/h3-10H,2H2,1H3. The van der Waals surface area contributed by atoms with E-state index in [1.54, 1.807) is 49.0 Å². The number of nitrogens with zero attached hydrogens (tertiary/aromatic N) is 3. The molecule has 1 aromatic carbocycles. The summed E-state index contributed by atoms with van der Waals surface area (Å²) in [7, 11) is -3.63. The molecule has 0 saturated carbocycles. The van der Waals surface area contributed by atoms with Crippen LogP contribution in [-0.4, -0.2) is 24.9 Å². The molecule has 6 nitrogen and oxygen atoms in total. The molecule has 0 unspecified atom stereocenters. The lowest BCUT2D eigenvalue weighted by Gasteiger charge is -2.19. The molecule has 2 aromatic heterocycles. The predicted octanol–water partition coefficient (Wildman–Crippen LogP) is 3.01. The second-order valence-electron chi connectivity index (χ2n) is 4.35. The first-order chi connectivity index (χ1) is 10.6. The second kappa shape index (κ2) is 5.90. The molecule has 22 heavy (non-hydrogen) atoms. The molecular weight excluding hydrogens is 322 g/mol. The Morgan fingerprint density at radius 3 is 2.50 bits per heavy atom. The highest BCUT2D eigenvalue weighted by Gasteiger charge is 2.25. The van der Waals surface area contributed by atoms with Crippen LogP contribution >= 0.6 is 11.3 Å². The highest BCUT2D eigenvalue weighted by atomic mass is 32.2. The van der Waals surface area contributed by atoms with Crippen LogP contribution in [0.1, 0.15) is 6.92 Å². The first-order valence-electron chi connectivity index (χ1n) is 6.55. The highest BCUT2D eigenvalue weighted by molar-refractivity contribution is 7.93. The molecule has 8 heteroatoms. The van der Waals surface area contributed by atoms with Gasteiger partial charge in [0.15, 0.2) is 5.13 Å². The van der Waals surface area contributed by atoms with Gasteiger partial charge in [-0.3, -0.25) is 0 Å². The Bertz CT molecular complexity index is 826. The van der Waals surface area contributed by atoms with Crippen molar-refractivity contribution in [3.8, 4) is 11.5 Å². The molecule has 3 rings (SSSR count). The van der Waals surface area contributed by atoms with Gasteiger partial charge in [0.1, 0.15) is 6.26 Å². The number of hydrogen-bond donors (Lipinski definition) is 0. The Morgan fingerprint density at radius 1 is 1.18 bits per heavy atom. The van der Waals surface area contributed by atoms with E-state index < -0.39 is 10.0 Å². The molecule has 0 saturated heterocycles. The van der Waals surface area contributed by atoms with Crippen molar-refractivity contribution >= 4 is 26.5 Å². The Morgan fingerprint density at radius 2 is 1.95 bits per heavy atom. The van der Waals surface area contributed by atoms with Crippen LogP contribution in [0.4, 0.5) is 5.13 Å². The van der Waals surface area contributed by atoms with Crippen LogP contribution in [0.15, 0.2) is 57.6 Å². The number of sulfonamides is 1. The number of oxazole rings is 1. The topological polar surface area (TPSA) is 76.3 Å². The van der Waals surface area contributed by atoms with Gasteiger partial charge in [-0.1, -0.05) is 0 Å². The fourth-order valence-electron chi connectivity index (χ4n) is 2.01. The van der Waals surface area contributed by atoms with Crippen LogP contribution < -0.4 is 4.31 Å². The molecule has 0 radical (unpaired) electrons. The van der Waals surface area contributed by atoms with Crippen molar-refractivity contribution in [2.75, 3.05) is 10.8 Å². The number of hydrogen-bond acceptors (Lipinski definition) is 6. The van der Waals surface area contributed by atoms with Crippen molar-refractivity contribution in [2.24, 2.45) is 0 Å². The molecule has 0 bridgehead atoms. The quantitative estimate of drug-likeness (QED) is 0.716. The van der Waals surface area contributed by atoms with Crippen LogP contribution in [-0.2, 0) is 10.0 Å². The molecule has 0 spiro atoms. The van der Waals surface area contributed by atoms with Crippen LogP contribution in [0.3, 0.4) is 0 Å². The van der Waals surface area contributed by atoms with E-state index in [2.05, 4.69) is 9.97 Å². The molecule has 0 atom stereocenters. The van der Waals surface area contributed by atoms with Crippen molar-refractivity contribution in [1.29, 1.82) is 0 Å². The Balaban J connectivity index is 1.95. The number of rotatable bonds is 5. The van der Waals surface area contributed by atoms with Crippen molar-refractivity contribution in [2.45, 2.75) is 11.8 Å². The summed E-state index contributed by atoms with van der Waals surface area (Å²) < 4.78 is 31.9. The van der Waals surface area contributed by atoms with Crippen LogP contribution in [0.5, 0.6) is 0 Å². The average Bonchev–Trinajstić information content (AvgIpc) is 3.21. The molecule has 0 amide bonds. The van der Waals surface area contributed by atoms with E-state index >= 15 is 0 Å². The fraction of sp³-hybridized carbons (Fsp3) is 0.143. The Labute approximate surface area is 132 Å². The zero-order valence-electron chi connectivity index (χ0n) is 11.7. The Hall–Kier alpha value is -2.19. The number of thiazole rings is 1. The zero-order chi connectivity index (χ0) is 15.6. The number of anilines is 1. The van der Waals surface area contributed by atoms with Crippen molar-refractivity contribution in [3.05, 3.63) is 48.3 Å². The largest absolute Gasteiger partial charge is 0.445 e. The maximum Gasteiger partial charge on any atom is 0.266 e. The first-order valence-corrected chi connectivity index (χ1v) is 8.87. The van der Waals surface area contributed by atoms with Crippen LogP contribution in [0.2, 0.25) is 0 Å². The minimum absolute atomic E-state index is 0.208. The smallest absolute Gasteiger partial charge is 0.266 e.